The molecule has 0 fully saturated rings. The molecular formula is C54H36N2O. The monoisotopic (exact) mass is 728 g/mol. The summed E-state index contributed by atoms with van der Waals surface area (Å²) < 4.78 is 6.18. The number of nitrogens with zero attached hydrogens (tertiary/aromatic N) is 2. The van der Waals surface area contributed by atoms with Crippen molar-refractivity contribution >= 4 is 21.9 Å². The van der Waals surface area contributed by atoms with E-state index in [2.05, 4.69) is 171 Å². The average Bonchev–Trinajstić information content (AvgIpc) is 3.80. The second-order valence-corrected chi connectivity index (χ2v) is 15.1. The molecule has 0 aliphatic heterocycles. The first kappa shape index (κ1) is 33.0. The van der Waals surface area contributed by atoms with Gasteiger partial charge in [0.1, 0.15) is 11.2 Å². The fourth-order valence-corrected chi connectivity index (χ4v) is 8.89. The molecule has 10 aromatic rings. The largest absolute Gasteiger partial charge is 0.456 e. The summed E-state index contributed by atoms with van der Waals surface area (Å²) in [5, 5.41) is 2.26. The molecule has 0 radical (unpaired) electrons. The van der Waals surface area contributed by atoms with Crippen molar-refractivity contribution in [2.45, 2.75) is 12.3 Å². The Bertz CT molecular complexity index is 3060. The molecule has 0 amide bonds. The topological polar surface area (TPSA) is 38.9 Å². The zero-order valence-corrected chi connectivity index (χ0v) is 31.4. The van der Waals surface area contributed by atoms with Gasteiger partial charge in [0.05, 0.1) is 11.4 Å². The Morgan fingerprint density at radius 1 is 0.386 bits per heavy atom. The average molecular weight is 729 g/mol. The number of rotatable bonds is 6. The van der Waals surface area contributed by atoms with E-state index in [0.29, 0.717) is 5.82 Å². The molecule has 0 unspecified atom stereocenters. The predicted octanol–water partition coefficient (Wildman–Crippen LogP) is 14.0. The summed E-state index contributed by atoms with van der Waals surface area (Å²) in [7, 11) is 0. The summed E-state index contributed by atoms with van der Waals surface area (Å²) >= 11 is 0. The molecule has 2 heterocycles. The van der Waals surface area contributed by atoms with E-state index in [1.807, 2.05) is 36.4 Å². The summed E-state index contributed by atoms with van der Waals surface area (Å²) in [4.78, 5) is 10.2. The van der Waals surface area contributed by atoms with Crippen molar-refractivity contribution in [1.82, 2.24) is 9.97 Å². The summed E-state index contributed by atoms with van der Waals surface area (Å²) in [6.07, 6.45) is 0. The summed E-state index contributed by atoms with van der Waals surface area (Å²) in [6.45, 7) is 2.36. The van der Waals surface area contributed by atoms with E-state index in [-0.39, 0.29) is 5.41 Å². The van der Waals surface area contributed by atoms with E-state index in [1.165, 1.54) is 33.4 Å². The van der Waals surface area contributed by atoms with Crippen LogP contribution in [0.3, 0.4) is 0 Å². The van der Waals surface area contributed by atoms with Crippen LogP contribution in [0.1, 0.15) is 23.6 Å². The predicted molar refractivity (Wildman–Crippen MR) is 234 cm³/mol. The molecular weight excluding hydrogens is 693 g/mol. The van der Waals surface area contributed by atoms with Crippen LogP contribution in [-0.2, 0) is 5.41 Å². The van der Waals surface area contributed by atoms with Gasteiger partial charge in [0.15, 0.2) is 5.82 Å². The molecule has 3 nitrogen and oxygen atoms in total. The summed E-state index contributed by atoms with van der Waals surface area (Å²) in [5.41, 5.74) is 17.7. The molecule has 0 atom stereocenters. The van der Waals surface area contributed by atoms with Crippen LogP contribution < -0.4 is 0 Å². The van der Waals surface area contributed by atoms with E-state index in [4.69, 9.17) is 14.4 Å². The normalized spacial score (nSPS) is 12.8. The second kappa shape index (κ2) is 13.1. The van der Waals surface area contributed by atoms with E-state index in [9.17, 15) is 0 Å². The molecule has 11 rings (SSSR count). The number of fused-ring (bicyclic) bond motifs is 6. The first-order chi connectivity index (χ1) is 28.1. The van der Waals surface area contributed by atoms with Gasteiger partial charge in [0, 0.05) is 32.9 Å². The molecule has 3 heteroatoms. The Morgan fingerprint density at radius 3 is 1.53 bits per heavy atom. The van der Waals surface area contributed by atoms with Gasteiger partial charge in [-0.3, -0.25) is 0 Å². The van der Waals surface area contributed by atoms with Gasteiger partial charge >= 0.3 is 0 Å². The van der Waals surface area contributed by atoms with Gasteiger partial charge in [0.2, 0.25) is 0 Å². The number of benzene rings is 8. The highest BCUT2D eigenvalue weighted by atomic mass is 16.3. The zero-order valence-electron chi connectivity index (χ0n) is 31.4. The minimum atomic E-state index is -0.209. The van der Waals surface area contributed by atoms with Crippen molar-refractivity contribution in [3.63, 3.8) is 0 Å². The standard InChI is InChI=1S/C54H36N2O/c1-54(46-18-8-5-14-43(46)44-15-6-9-19-47(44)54)41-32-30-36(31-33-41)35-22-26-38(27-23-35)48-34-49(56-53(55-48)40-12-3-2-4-13-40)39-28-24-37(25-29-39)42-17-11-21-51-52(42)45-16-7-10-20-50(45)57-51/h2-34H,1H3. The van der Waals surface area contributed by atoms with Crippen LogP contribution in [0.4, 0.5) is 0 Å². The molecule has 0 N–H and O–H groups in total. The third-order valence-electron chi connectivity index (χ3n) is 11.9. The van der Waals surface area contributed by atoms with Gasteiger partial charge in [-0.05, 0) is 75.2 Å². The maximum Gasteiger partial charge on any atom is 0.160 e. The van der Waals surface area contributed by atoms with Crippen LogP contribution in [0.2, 0.25) is 0 Å². The van der Waals surface area contributed by atoms with Crippen LogP contribution in [0.15, 0.2) is 205 Å². The van der Waals surface area contributed by atoms with Crippen LogP contribution >= 0.6 is 0 Å². The van der Waals surface area contributed by atoms with Gasteiger partial charge in [-0.15, -0.1) is 0 Å². The number of para-hydroxylation sites is 1. The molecule has 268 valence electrons. The van der Waals surface area contributed by atoms with E-state index in [1.54, 1.807) is 0 Å². The molecule has 2 aromatic heterocycles. The third-order valence-corrected chi connectivity index (χ3v) is 11.9. The van der Waals surface area contributed by atoms with E-state index in [0.717, 1.165) is 66.7 Å². The fourth-order valence-electron chi connectivity index (χ4n) is 8.89. The number of furan rings is 1. The van der Waals surface area contributed by atoms with Crippen LogP contribution in [0.5, 0.6) is 0 Å². The fraction of sp³-hybridized carbons (Fsp3) is 0.0370. The molecule has 8 aromatic carbocycles. The minimum absolute atomic E-state index is 0.209. The number of hydrogen-bond donors (Lipinski definition) is 0. The highest BCUT2D eigenvalue weighted by Gasteiger charge is 2.40. The third kappa shape index (κ3) is 5.43. The van der Waals surface area contributed by atoms with Crippen molar-refractivity contribution in [3.8, 4) is 67.3 Å². The van der Waals surface area contributed by atoms with Crippen LogP contribution in [0.25, 0.3) is 89.2 Å². The lowest BCUT2D eigenvalue weighted by Crippen LogP contribution is -2.22. The smallest absolute Gasteiger partial charge is 0.160 e. The second-order valence-electron chi connectivity index (χ2n) is 15.1. The summed E-state index contributed by atoms with van der Waals surface area (Å²) in [5.74, 6) is 0.699. The van der Waals surface area contributed by atoms with Gasteiger partial charge in [-0.25, -0.2) is 9.97 Å². The lowest BCUT2D eigenvalue weighted by molar-refractivity contribution is 0.669. The lowest BCUT2D eigenvalue weighted by atomic mass is 9.74. The van der Waals surface area contributed by atoms with Crippen molar-refractivity contribution in [1.29, 1.82) is 0 Å². The Hall–Kier alpha value is -7.36. The van der Waals surface area contributed by atoms with Crippen molar-refractivity contribution < 1.29 is 4.42 Å². The number of aromatic nitrogens is 2. The molecule has 0 spiro atoms. The first-order valence-electron chi connectivity index (χ1n) is 19.5. The number of hydrogen-bond acceptors (Lipinski definition) is 3. The highest BCUT2D eigenvalue weighted by molar-refractivity contribution is 6.12. The zero-order chi connectivity index (χ0) is 37.9. The molecule has 0 saturated heterocycles. The van der Waals surface area contributed by atoms with Crippen LogP contribution in [0, 0.1) is 0 Å². The van der Waals surface area contributed by atoms with Crippen molar-refractivity contribution in [2.75, 3.05) is 0 Å². The maximum absolute atomic E-state index is 6.18. The molecule has 57 heavy (non-hydrogen) atoms. The highest BCUT2D eigenvalue weighted by Crippen LogP contribution is 2.52. The Labute approximate surface area is 331 Å². The lowest BCUT2D eigenvalue weighted by Gasteiger charge is -2.28. The molecule has 1 aliphatic rings. The van der Waals surface area contributed by atoms with E-state index < -0.39 is 0 Å². The van der Waals surface area contributed by atoms with Crippen molar-refractivity contribution in [2.24, 2.45) is 0 Å². The quantitative estimate of drug-likeness (QED) is 0.171. The molecule has 1 aliphatic carbocycles. The SMILES string of the molecule is CC1(c2ccc(-c3ccc(-c4cc(-c5ccc(-c6cccc7oc8ccccc8c67)cc5)nc(-c5ccccc5)n4)cc3)cc2)c2ccccc2-c2ccccc21. The maximum atomic E-state index is 6.18. The van der Waals surface area contributed by atoms with E-state index >= 15 is 0 Å². The van der Waals surface area contributed by atoms with Crippen molar-refractivity contribution in [3.05, 3.63) is 217 Å². The molecule has 0 saturated carbocycles. The Morgan fingerprint density at radius 2 is 0.877 bits per heavy atom. The van der Waals surface area contributed by atoms with Gasteiger partial charge in [-0.1, -0.05) is 182 Å². The van der Waals surface area contributed by atoms with Crippen LogP contribution in [-0.4, -0.2) is 9.97 Å². The molecule has 0 bridgehead atoms. The first-order valence-corrected chi connectivity index (χ1v) is 19.5. The Balaban J connectivity index is 0.925. The van der Waals surface area contributed by atoms with Gasteiger partial charge in [-0.2, -0.15) is 0 Å². The Kier molecular flexibility index (Phi) is 7.61. The summed E-state index contributed by atoms with van der Waals surface area (Å²) in [6, 6.07) is 71.0. The van der Waals surface area contributed by atoms with Gasteiger partial charge in [0.25, 0.3) is 0 Å². The minimum Gasteiger partial charge on any atom is -0.456 e. The van der Waals surface area contributed by atoms with Gasteiger partial charge < -0.3 is 4.42 Å².